The van der Waals surface area contributed by atoms with Gasteiger partial charge in [-0.2, -0.15) is 5.10 Å². The van der Waals surface area contributed by atoms with Crippen LogP contribution < -0.4 is 9.62 Å². The molecular weight excluding hydrogens is 430 g/mol. The van der Waals surface area contributed by atoms with E-state index in [0.717, 1.165) is 29.9 Å². The number of benzene rings is 1. The second-order valence-corrected chi connectivity index (χ2v) is 9.36. The molecule has 3 aromatic rings. The van der Waals surface area contributed by atoms with Crippen molar-refractivity contribution in [2.75, 3.05) is 16.7 Å². The fraction of sp³-hybridized carbons (Fsp3) is 0.318. The lowest BCUT2D eigenvalue weighted by atomic mass is 10.2. The number of hydrogen-bond donors (Lipinski definition) is 2. The summed E-state index contributed by atoms with van der Waals surface area (Å²) < 4.78 is 29.7. The van der Waals surface area contributed by atoms with E-state index in [1.807, 2.05) is 17.7 Å². The number of sulfonamides is 1. The molecule has 9 nitrogen and oxygen atoms in total. The Morgan fingerprint density at radius 3 is 2.62 bits per heavy atom. The van der Waals surface area contributed by atoms with Gasteiger partial charge < -0.3 is 10.0 Å². The van der Waals surface area contributed by atoms with Gasteiger partial charge in [-0.1, -0.05) is 19.1 Å². The molecule has 0 bridgehead atoms. The van der Waals surface area contributed by atoms with Crippen molar-refractivity contribution in [1.29, 1.82) is 0 Å². The van der Waals surface area contributed by atoms with E-state index < -0.39 is 16.0 Å². The summed E-state index contributed by atoms with van der Waals surface area (Å²) in [5.74, 6) is -0.966. The number of rotatable bonds is 9. The Kier molecular flexibility index (Phi) is 6.83. The molecule has 0 radical (unpaired) electrons. The van der Waals surface area contributed by atoms with E-state index in [1.165, 1.54) is 24.4 Å². The maximum atomic E-state index is 12.7. The lowest BCUT2D eigenvalue weighted by Gasteiger charge is -2.21. The standard InChI is InChI=1S/C22H27N5O4S/c1-5-9-27-18(11-16(3)24-27)14-26(4)21-20(22(28)29)12-17(13-23-21)25-32(30,31)19-8-6-7-15(2)10-19/h6-8,10-13,25H,5,9,14H2,1-4H3,(H,28,29). The molecule has 0 aliphatic carbocycles. The number of aryl methyl sites for hydroxylation is 3. The largest absolute Gasteiger partial charge is 0.478 e. The fourth-order valence-corrected chi connectivity index (χ4v) is 4.56. The first kappa shape index (κ1) is 23.3. The molecular formula is C22H27N5O4S. The number of pyridine rings is 1. The molecule has 0 unspecified atom stereocenters. The number of hydrogen-bond acceptors (Lipinski definition) is 6. The van der Waals surface area contributed by atoms with Gasteiger partial charge in [0, 0.05) is 13.6 Å². The molecule has 0 fully saturated rings. The summed E-state index contributed by atoms with van der Waals surface area (Å²) in [4.78, 5) is 18.0. The van der Waals surface area contributed by atoms with Crippen molar-refractivity contribution >= 4 is 27.5 Å². The Labute approximate surface area is 187 Å². The number of carboxylic acid groups (broad SMARTS) is 1. The molecule has 2 heterocycles. The van der Waals surface area contributed by atoms with E-state index in [2.05, 4.69) is 21.7 Å². The van der Waals surface area contributed by atoms with Crippen molar-refractivity contribution in [2.45, 2.75) is 45.2 Å². The summed E-state index contributed by atoms with van der Waals surface area (Å²) in [5, 5.41) is 14.2. The van der Waals surface area contributed by atoms with Gasteiger partial charge in [-0.05, 0) is 50.1 Å². The van der Waals surface area contributed by atoms with E-state index in [0.29, 0.717) is 6.54 Å². The molecule has 0 spiro atoms. The van der Waals surface area contributed by atoms with E-state index in [1.54, 1.807) is 31.0 Å². The predicted octanol–water partition coefficient (Wildman–Crippen LogP) is 3.44. The lowest BCUT2D eigenvalue weighted by Crippen LogP contribution is -2.23. The maximum absolute atomic E-state index is 12.7. The molecule has 1 aromatic carbocycles. The molecule has 170 valence electrons. The van der Waals surface area contributed by atoms with Gasteiger partial charge in [0.1, 0.15) is 11.4 Å². The van der Waals surface area contributed by atoms with Gasteiger partial charge in [-0.25, -0.2) is 18.2 Å². The Morgan fingerprint density at radius 1 is 1.22 bits per heavy atom. The minimum atomic E-state index is -3.88. The number of nitrogens with one attached hydrogen (secondary N) is 1. The van der Waals surface area contributed by atoms with Crippen LogP contribution in [0.25, 0.3) is 0 Å². The van der Waals surface area contributed by atoms with Crippen LogP contribution in [-0.2, 0) is 23.1 Å². The molecule has 10 heteroatoms. The summed E-state index contributed by atoms with van der Waals surface area (Å²) in [6, 6.07) is 9.69. The van der Waals surface area contributed by atoms with E-state index in [9.17, 15) is 18.3 Å². The molecule has 2 aromatic heterocycles. The zero-order chi connectivity index (χ0) is 23.5. The van der Waals surface area contributed by atoms with Crippen LogP contribution in [0.3, 0.4) is 0 Å². The highest BCUT2D eigenvalue weighted by atomic mass is 32.2. The normalized spacial score (nSPS) is 11.4. The van der Waals surface area contributed by atoms with Gasteiger partial charge in [-0.15, -0.1) is 0 Å². The molecule has 32 heavy (non-hydrogen) atoms. The molecule has 0 amide bonds. The first-order valence-corrected chi connectivity index (χ1v) is 11.7. The highest BCUT2D eigenvalue weighted by molar-refractivity contribution is 7.92. The van der Waals surface area contributed by atoms with Crippen molar-refractivity contribution in [1.82, 2.24) is 14.8 Å². The molecule has 0 aliphatic rings. The molecule has 2 N–H and O–H groups in total. The highest BCUT2D eigenvalue weighted by Crippen LogP contribution is 2.24. The summed E-state index contributed by atoms with van der Waals surface area (Å²) in [5.41, 5.74) is 2.60. The van der Waals surface area contributed by atoms with Gasteiger partial charge in [0.2, 0.25) is 0 Å². The van der Waals surface area contributed by atoms with Gasteiger partial charge in [0.05, 0.1) is 34.7 Å². The molecule has 0 aliphatic heterocycles. The number of carbonyl (C=O) groups is 1. The molecule has 0 saturated carbocycles. The smallest absolute Gasteiger partial charge is 0.339 e. The van der Waals surface area contributed by atoms with Crippen molar-refractivity contribution in [3.05, 3.63) is 65.1 Å². The average molecular weight is 458 g/mol. The highest BCUT2D eigenvalue weighted by Gasteiger charge is 2.20. The van der Waals surface area contributed by atoms with E-state index in [4.69, 9.17) is 0 Å². The number of carboxylic acids is 1. The van der Waals surface area contributed by atoms with Gasteiger partial charge in [0.25, 0.3) is 10.0 Å². The Morgan fingerprint density at radius 2 is 1.97 bits per heavy atom. The monoisotopic (exact) mass is 457 g/mol. The minimum absolute atomic E-state index is 0.0768. The van der Waals surface area contributed by atoms with Crippen LogP contribution in [-0.4, -0.2) is 41.3 Å². The Hall–Kier alpha value is -3.40. The quantitative estimate of drug-likeness (QED) is 0.505. The van der Waals surface area contributed by atoms with Crippen LogP contribution >= 0.6 is 0 Å². The van der Waals surface area contributed by atoms with Crippen molar-refractivity contribution in [3.8, 4) is 0 Å². The van der Waals surface area contributed by atoms with Crippen LogP contribution in [0.15, 0.2) is 47.5 Å². The van der Waals surface area contributed by atoms with Crippen molar-refractivity contribution in [3.63, 3.8) is 0 Å². The predicted molar refractivity (Wildman–Crippen MR) is 123 cm³/mol. The van der Waals surface area contributed by atoms with Gasteiger partial charge >= 0.3 is 5.97 Å². The third-order valence-electron chi connectivity index (χ3n) is 4.83. The van der Waals surface area contributed by atoms with Crippen LogP contribution in [0, 0.1) is 13.8 Å². The zero-order valence-electron chi connectivity index (χ0n) is 18.5. The summed E-state index contributed by atoms with van der Waals surface area (Å²) in [6.07, 6.45) is 2.24. The van der Waals surface area contributed by atoms with E-state index in [-0.39, 0.29) is 22.0 Å². The fourth-order valence-electron chi connectivity index (χ4n) is 3.42. The van der Waals surface area contributed by atoms with Crippen LogP contribution in [0.4, 0.5) is 11.5 Å². The third kappa shape index (κ3) is 5.25. The zero-order valence-corrected chi connectivity index (χ0v) is 19.3. The first-order chi connectivity index (χ1) is 15.1. The summed E-state index contributed by atoms with van der Waals surface area (Å²) >= 11 is 0. The second-order valence-electron chi connectivity index (χ2n) is 7.68. The topological polar surface area (TPSA) is 117 Å². The number of nitrogens with zero attached hydrogens (tertiary/aromatic N) is 4. The van der Waals surface area contributed by atoms with Crippen molar-refractivity contribution < 1.29 is 18.3 Å². The maximum Gasteiger partial charge on any atom is 0.339 e. The van der Waals surface area contributed by atoms with Gasteiger partial charge in [0.15, 0.2) is 0 Å². The van der Waals surface area contributed by atoms with Crippen LogP contribution in [0.1, 0.15) is 40.7 Å². The number of anilines is 2. The summed E-state index contributed by atoms with van der Waals surface area (Å²) in [6.45, 7) is 6.93. The van der Waals surface area contributed by atoms with E-state index >= 15 is 0 Å². The number of aromatic carboxylic acids is 1. The second kappa shape index (κ2) is 9.39. The minimum Gasteiger partial charge on any atom is -0.478 e. The van der Waals surface area contributed by atoms with Gasteiger partial charge in [-0.3, -0.25) is 9.40 Å². The van der Waals surface area contributed by atoms with Crippen LogP contribution in [0.2, 0.25) is 0 Å². The van der Waals surface area contributed by atoms with Crippen molar-refractivity contribution in [2.24, 2.45) is 0 Å². The molecule has 0 saturated heterocycles. The summed E-state index contributed by atoms with van der Waals surface area (Å²) in [7, 11) is -2.14. The first-order valence-electron chi connectivity index (χ1n) is 10.2. The third-order valence-corrected chi connectivity index (χ3v) is 6.21. The Bertz CT molecular complexity index is 1240. The average Bonchev–Trinajstić information content (AvgIpc) is 3.06. The number of aromatic nitrogens is 3. The SMILES string of the molecule is CCCn1nc(C)cc1CN(C)c1ncc(NS(=O)(=O)c2cccc(C)c2)cc1C(=O)O. The van der Waals surface area contributed by atoms with Crippen LogP contribution in [0.5, 0.6) is 0 Å². The lowest BCUT2D eigenvalue weighted by molar-refractivity contribution is 0.0697. The molecule has 3 rings (SSSR count). The Balaban J connectivity index is 1.88. The molecule has 0 atom stereocenters.